The number of anilines is 1. The van der Waals surface area contributed by atoms with E-state index in [2.05, 4.69) is 20.1 Å². The summed E-state index contributed by atoms with van der Waals surface area (Å²) in [6.07, 6.45) is 3.59. The van der Waals surface area contributed by atoms with Gasteiger partial charge in [0.1, 0.15) is 22.6 Å². The third-order valence-electron chi connectivity index (χ3n) is 4.85. The van der Waals surface area contributed by atoms with Crippen molar-refractivity contribution < 1.29 is 17.6 Å². The molecule has 1 aromatic carbocycles. The number of hydrogen-bond acceptors (Lipinski definition) is 6. The van der Waals surface area contributed by atoms with Crippen LogP contribution < -0.4 is 10.0 Å². The van der Waals surface area contributed by atoms with Crippen LogP contribution in [0.5, 0.6) is 0 Å². The minimum atomic E-state index is -3.93. The van der Waals surface area contributed by atoms with Crippen molar-refractivity contribution in [3.63, 3.8) is 0 Å². The fourth-order valence-electron chi connectivity index (χ4n) is 3.19. The van der Waals surface area contributed by atoms with Crippen LogP contribution in [0.1, 0.15) is 17.5 Å². The maximum Gasteiger partial charge on any atom is 0.280 e. The molecule has 4 rings (SSSR count). The highest BCUT2D eigenvalue weighted by atomic mass is 35.5. The highest BCUT2D eigenvalue weighted by Crippen LogP contribution is 2.34. The summed E-state index contributed by atoms with van der Waals surface area (Å²) in [5.74, 6) is -1.17. The number of thiazole rings is 1. The van der Waals surface area contributed by atoms with Crippen molar-refractivity contribution in [3.8, 4) is 10.6 Å². The van der Waals surface area contributed by atoms with Crippen LogP contribution in [0.2, 0.25) is 5.02 Å². The molecule has 13 heteroatoms. The van der Waals surface area contributed by atoms with E-state index in [-0.39, 0.29) is 17.1 Å². The molecule has 1 fully saturated rings. The number of aromatic nitrogens is 3. The van der Waals surface area contributed by atoms with Crippen LogP contribution in [0.3, 0.4) is 0 Å². The minimum Gasteiger partial charge on any atom is -0.325 e. The Labute approximate surface area is 187 Å². The van der Waals surface area contributed by atoms with Crippen molar-refractivity contribution in [1.29, 1.82) is 0 Å². The second kappa shape index (κ2) is 8.28. The quantitative estimate of drug-likeness (QED) is 0.591. The number of amides is 1. The molecule has 0 aliphatic carbocycles. The molecular weight excluding hydrogens is 467 g/mol. The zero-order valence-corrected chi connectivity index (χ0v) is 18.8. The van der Waals surface area contributed by atoms with E-state index >= 15 is 0 Å². The van der Waals surface area contributed by atoms with Gasteiger partial charge in [-0.25, -0.2) is 9.37 Å². The Balaban J connectivity index is 1.57. The fourth-order valence-corrected chi connectivity index (χ4v) is 5.64. The normalized spacial score (nSPS) is 21.2. The first-order valence-electron chi connectivity index (χ1n) is 9.11. The van der Waals surface area contributed by atoms with Gasteiger partial charge in [-0.2, -0.15) is 22.5 Å². The Morgan fingerprint density at radius 3 is 2.81 bits per heavy atom. The van der Waals surface area contributed by atoms with Crippen molar-refractivity contribution in [1.82, 2.24) is 23.8 Å². The lowest BCUT2D eigenvalue weighted by Gasteiger charge is -2.35. The lowest BCUT2D eigenvalue weighted by atomic mass is 10.1. The van der Waals surface area contributed by atoms with E-state index in [1.807, 2.05) is 6.07 Å². The van der Waals surface area contributed by atoms with Crippen molar-refractivity contribution in [2.24, 2.45) is 7.05 Å². The molecule has 0 bridgehead atoms. The zero-order valence-electron chi connectivity index (χ0n) is 16.4. The third-order valence-corrected chi connectivity index (χ3v) is 7.86. The van der Waals surface area contributed by atoms with Crippen molar-refractivity contribution in [2.75, 3.05) is 12.4 Å². The molecule has 3 aromatic rings. The first-order chi connectivity index (χ1) is 14.6. The molecule has 31 heavy (non-hydrogen) atoms. The Hall–Kier alpha value is -2.38. The second-order valence-electron chi connectivity index (χ2n) is 7.00. The average Bonchev–Trinajstić information content (AvgIpc) is 3.35. The maximum absolute atomic E-state index is 13.4. The molecule has 2 atom stereocenters. The summed E-state index contributed by atoms with van der Waals surface area (Å²) in [6.45, 7) is 0. The van der Waals surface area contributed by atoms with Gasteiger partial charge in [-0.3, -0.25) is 9.48 Å². The number of benzene rings is 1. The van der Waals surface area contributed by atoms with Gasteiger partial charge in [0.15, 0.2) is 0 Å². The van der Waals surface area contributed by atoms with Crippen molar-refractivity contribution in [3.05, 3.63) is 52.5 Å². The molecule has 164 valence electrons. The van der Waals surface area contributed by atoms with Gasteiger partial charge in [0.05, 0.1) is 15.9 Å². The summed E-state index contributed by atoms with van der Waals surface area (Å²) >= 11 is 7.06. The van der Waals surface area contributed by atoms with E-state index in [4.69, 9.17) is 11.6 Å². The van der Waals surface area contributed by atoms with Gasteiger partial charge in [0, 0.05) is 32.2 Å². The van der Waals surface area contributed by atoms with Gasteiger partial charge < -0.3 is 5.32 Å². The number of rotatable bonds is 4. The van der Waals surface area contributed by atoms with E-state index in [0.717, 1.165) is 20.9 Å². The van der Waals surface area contributed by atoms with Gasteiger partial charge in [-0.1, -0.05) is 11.6 Å². The first-order valence-corrected chi connectivity index (χ1v) is 11.7. The van der Waals surface area contributed by atoms with Crippen LogP contribution in [-0.4, -0.2) is 46.5 Å². The Bertz CT molecular complexity index is 1240. The predicted octanol–water partition coefficient (Wildman–Crippen LogP) is 2.55. The number of likely N-dealkylation sites (N-methyl/N-ethyl adjacent to an activating group) is 1. The summed E-state index contributed by atoms with van der Waals surface area (Å²) in [7, 11) is -0.807. The van der Waals surface area contributed by atoms with Crippen LogP contribution in [0.15, 0.2) is 36.7 Å². The van der Waals surface area contributed by atoms with Gasteiger partial charge in [0.2, 0.25) is 5.91 Å². The largest absolute Gasteiger partial charge is 0.325 e. The second-order valence-corrected chi connectivity index (χ2v) is 10.2. The lowest BCUT2D eigenvalue weighted by molar-refractivity contribution is -0.120. The molecule has 0 spiro atoms. The van der Waals surface area contributed by atoms with Gasteiger partial charge in [-0.15, -0.1) is 11.3 Å². The summed E-state index contributed by atoms with van der Waals surface area (Å²) in [5.41, 5.74) is 0.994. The molecule has 1 aliphatic rings. The average molecular weight is 485 g/mol. The highest BCUT2D eigenvalue weighted by Gasteiger charge is 2.41. The molecule has 1 saturated heterocycles. The number of hydrogen-bond donors (Lipinski definition) is 2. The summed E-state index contributed by atoms with van der Waals surface area (Å²) in [6, 6.07) is 3.89. The van der Waals surface area contributed by atoms with Gasteiger partial charge in [0.25, 0.3) is 10.2 Å². The smallest absolute Gasteiger partial charge is 0.280 e. The molecule has 1 amide bonds. The van der Waals surface area contributed by atoms with Crippen LogP contribution in [0.25, 0.3) is 10.6 Å². The number of carbonyl (C=O) groups excluding carboxylic acids is 1. The number of nitrogens with zero attached hydrogens (tertiary/aromatic N) is 4. The monoisotopic (exact) mass is 484 g/mol. The summed E-state index contributed by atoms with van der Waals surface area (Å²) in [5, 5.41) is 7.30. The van der Waals surface area contributed by atoms with Gasteiger partial charge in [-0.05, 0) is 30.7 Å². The van der Waals surface area contributed by atoms with E-state index in [1.54, 1.807) is 24.1 Å². The van der Waals surface area contributed by atoms with Crippen LogP contribution in [0.4, 0.5) is 10.1 Å². The molecule has 2 N–H and O–H groups in total. The molecule has 3 heterocycles. The van der Waals surface area contributed by atoms with Crippen LogP contribution in [0, 0.1) is 5.82 Å². The molecular formula is C18H18ClFN6O3S2. The van der Waals surface area contributed by atoms with E-state index < -0.39 is 34.0 Å². The number of aryl methyl sites for hydroxylation is 1. The fraction of sp³-hybridized carbons (Fsp3) is 0.278. The Morgan fingerprint density at radius 1 is 1.35 bits per heavy atom. The molecule has 9 nitrogen and oxygen atoms in total. The third kappa shape index (κ3) is 4.48. The Morgan fingerprint density at radius 2 is 2.13 bits per heavy atom. The topological polar surface area (TPSA) is 109 Å². The minimum absolute atomic E-state index is 0.146. The standard InChI is InChI=1S/C18H18ClFN6O3S2/c1-25-6-5-13(23-25)16-9-21-18(30-16)14-8-15(26(2)31(28,29)24-14)17(27)22-10-3-4-12(20)11(19)7-10/h3-7,9,14-15,24H,8H2,1-2H3,(H,22,27)/t14?,15-/m1/s1. The molecule has 1 unspecified atom stereocenters. The molecule has 0 radical (unpaired) electrons. The zero-order chi connectivity index (χ0) is 22.3. The predicted molar refractivity (Wildman–Crippen MR) is 115 cm³/mol. The molecule has 1 aliphatic heterocycles. The van der Waals surface area contributed by atoms with Gasteiger partial charge >= 0.3 is 0 Å². The van der Waals surface area contributed by atoms with E-state index in [0.29, 0.717) is 5.01 Å². The summed E-state index contributed by atoms with van der Waals surface area (Å²) < 4.78 is 43.8. The number of halogens is 2. The van der Waals surface area contributed by atoms with Crippen molar-refractivity contribution >= 4 is 44.7 Å². The van der Waals surface area contributed by atoms with Crippen LogP contribution >= 0.6 is 22.9 Å². The summed E-state index contributed by atoms with van der Waals surface area (Å²) in [4.78, 5) is 18.0. The molecule has 2 aromatic heterocycles. The van der Waals surface area contributed by atoms with E-state index in [9.17, 15) is 17.6 Å². The molecule has 0 saturated carbocycles. The maximum atomic E-state index is 13.4. The SMILES string of the molecule is CN1[C@@H](C(=O)Nc2ccc(F)c(Cl)c2)CC(c2ncc(-c3ccn(C)n3)s2)NS1(=O)=O. The first kappa shape index (κ1) is 21.8. The lowest BCUT2D eigenvalue weighted by Crippen LogP contribution is -2.55. The number of carbonyl (C=O) groups is 1. The van der Waals surface area contributed by atoms with E-state index in [1.165, 1.54) is 30.5 Å². The van der Waals surface area contributed by atoms with Crippen molar-refractivity contribution in [2.45, 2.75) is 18.5 Å². The Kier molecular flexibility index (Phi) is 5.83. The van der Waals surface area contributed by atoms with Crippen LogP contribution in [-0.2, 0) is 22.1 Å². The number of nitrogens with one attached hydrogen (secondary N) is 2. The highest BCUT2D eigenvalue weighted by molar-refractivity contribution is 7.87.